The molecular formula is C23H18AsFN4O2. The van der Waals surface area contributed by atoms with E-state index in [1.165, 1.54) is 17.3 Å². The number of fused-ring (bicyclic) bond motifs is 1. The molecule has 0 bridgehead atoms. The summed E-state index contributed by atoms with van der Waals surface area (Å²) in [4.78, 5) is 27.9. The molecule has 0 fully saturated rings. The third-order valence-corrected chi connectivity index (χ3v) is 6.60. The quantitative estimate of drug-likeness (QED) is 0.546. The van der Waals surface area contributed by atoms with Crippen LogP contribution in [0.2, 0.25) is 0 Å². The van der Waals surface area contributed by atoms with Gasteiger partial charge in [-0.1, -0.05) is 0 Å². The van der Waals surface area contributed by atoms with Gasteiger partial charge in [0.1, 0.15) is 0 Å². The molecule has 2 aliphatic rings. The number of amides is 1. The Morgan fingerprint density at radius 1 is 1.13 bits per heavy atom. The van der Waals surface area contributed by atoms with Gasteiger partial charge < -0.3 is 0 Å². The van der Waals surface area contributed by atoms with Crippen molar-refractivity contribution in [3.63, 3.8) is 0 Å². The Hall–Kier alpha value is -3.05. The Morgan fingerprint density at radius 2 is 1.87 bits per heavy atom. The molecule has 3 aromatic rings. The van der Waals surface area contributed by atoms with Gasteiger partial charge in [-0.15, -0.1) is 0 Å². The molecule has 0 N–H and O–H groups in total. The van der Waals surface area contributed by atoms with Gasteiger partial charge in [0.15, 0.2) is 0 Å². The predicted molar refractivity (Wildman–Crippen MR) is 114 cm³/mol. The van der Waals surface area contributed by atoms with Crippen LogP contribution in [0.1, 0.15) is 23.1 Å². The van der Waals surface area contributed by atoms with E-state index in [4.69, 9.17) is 9.73 Å². The molecule has 1 aromatic heterocycles. The van der Waals surface area contributed by atoms with E-state index in [1.54, 1.807) is 31.6 Å². The molecule has 2 aliphatic heterocycles. The maximum atomic E-state index is 14.7. The number of amidine groups is 1. The minimum absolute atomic E-state index is 0.193. The Balaban J connectivity index is 1.73. The fourth-order valence-electron chi connectivity index (χ4n) is 4.14. The van der Waals surface area contributed by atoms with E-state index in [1.807, 2.05) is 18.2 Å². The van der Waals surface area contributed by atoms with Crippen LogP contribution < -0.4 is 4.74 Å². The maximum absolute atomic E-state index is 14.7. The van der Waals surface area contributed by atoms with E-state index in [-0.39, 0.29) is 5.91 Å². The first-order valence-corrected chi connectivity index (χ1v) is 10.8. The van der Waals surface area contributed by atoms with E-state index in [9.17, 15) is 9.18 Å². The van der Waals surface area contributed by atoms with Crippen molar-refractivity contribution in [2.45, 2.75) is 18.4 Å². The molecule has 2 aromatic carbocycles. The van der Waals surface area contributed by atoms with Gasteiger partial charge in [-0.3, -0.25) is 0 Å². The van der Waals surface area contributed by atoms with Gasteiger partial charge in [-0.05, 0) is 0 Å². The number of aliphatic imine (C=N–C) groups is 1. The fourth-order valence-corrected chi connectivity index (χ4v) is 4.65. The van der Waals surface area contributed by atoms with Crippen molar-refractivity contribution >= 4 is 27.4 Å². The second-order valence-corrected chi connectivity index (χ2v) is 8.42. The second-order valence-electron chi connectivity index (χ2n) is 7.58. The molecule has 3 heterocycles. The number of nitrogens with zero attached hydrogens (tertiary/aromatic N) is 4. The number of rotatable bonds is 3. The summed E-state index contributed by atoms with van der Waals surface area (Å²) in [5, 5.41) is 0. The van der Waals surface area contributed by atoms with Crippen LogP contribution in [0.15, 0.2) is 60.1 Å². The van der Waals surface area contributed by atoms with Gasteiger partial charge in [-0.25, -0.2) is 0 Å². The number of carbonyl (C=O) groups excluding carboxylic acids is 1. The summed E-state index contributed by atoms with van der Waals surface area (Å²) in [6, 6.07) is 10.4. The number of likely N-dealkylation sites (N-methyl/N-ethyl adjacent to an activating group) is 1. The zero-order chi connectivity index (χ0) is 21.6. The molecule has 31 heavy (non-hydrogen) atoms. The number of halogens is 1. The van der Waals surface area contributed by atoms with E-state index in [0.717, 1.165) is 29.7 Å². The van der Waals surface area contributed by atoms with Gasteiger partial charge in [0.05, 0.1) is 0 Å². The first-order valence-electron chi connectivity index (χ1n) is 9.89. The molecule has 6 nitrogen and oxygen atoms in total. The third-order valence-electron chi connectivity index (χ3n) is 5.76. The number of aromatic nitrogens is 2. The Labute approximate surface area is 187 Å². The van der Waals surface area contributed by atoms with Crippen molar-refractivity contribution in [1.29, 1.82) is 0 Å². The molecule has 5 rings (SSSR count). The van der Waals surface area contributed by atoms with E-state index in [0.29, 0.717) is 27.9 Å². The van der Waals surface area contributed by atoms with E-state index in [2.05, 4.69) is 26.8 Å². The molecule has 0 saturated heterocycles. The summed E-state index contributed by atoms with van der Waals surface area (Å²) in [5.74, 6) is 0.228. The molecule has 0 spiro atoms. The van der Waals surface area contributed by atoms with Crippen LogP contribution in [-0.4, -0.2) is 55.9 Å². The van der Waals surface area contributed by atoms with Gasteiger partial charge >= 0.3 is 188 Å². The zero-order valence-electron chi connectivity index (χ0n) is 16.7. The van der Waals surface area contributed by atoms with Gasteiger partial charge in [0.2, 0.25) is 0 Å². The van der Waals surface area contributed by atoms with Gasteiger partial charge in [-0.2, -0.15) is 0 Å². The number of aryl methyl sites for hydroxylation is 1. The number of benzene rings is 2. The van der Waals surface area contributed by atoms with Crippen LogP contribution >= 0.6 is 0 Å². The van der Waals surface area contributed by atoms with Crippen LogP contribution in [0, 0.1) is 5.82 Å². The zero-order valence-corrected chi connectivity index (χ0v) is 18.6. The van der Waals surface area contributed by atoms with E-state index < -0.39 is 11.4 Å². The fraction of sp³-hybridized carbons (Fsp3) is 0.217. The molecule has 2 radical (unpaired) electrons. The van der Waals surface area contributed by atoms with Crippen LogP contribution in [0.3, 0.4) is 0 Å². The Bertz CT molecular complexity index is 1220. The number of carbonyl (C=O) groups is 1. The van der Waals surface area contributed by atoms with Gasteiger partial charge in [0, 0.05) is 0 Å². The van der Waals surface area contributed by atoms with Crippen molar-refractivity contribution in [2.24, 2.45) is 4.99 Å². The standard InChI is InChI=1S/C23H18AsFN4O2/c1-29-21(30)23(28-22(29)24,16-5-7-20-14(9-16)3-2-8-31-20)17-4-6-19(25)18(10-17)15-11-26-13-27-12-15/h4-7,9-13H,2-3,8H2,1H3. The SMILES string of the molecule is CN1C(=O)C(c2ccc3c(c2)CCCO3)(c2ccc(F)c(-c3cncnc3)c2)N=C1[As]. The monoisotopic (exact) mass is 476 g/mol. The molecule has 1 amide bonds. The number of hydrogen-bond donors (Lipinski definition) is 0. The number of hydrogen-bond acceptors (Lipinski definition) is 5. The molecule has 0 aliphatic carbocycles. The van der Waals surface area contributed by atoms with Crippen molar-refractivity contribution in [2.75, 3.05) is 13.7 Å². The van der Waals surface area contributed by atoms with Crippen LogP contribution in [0.25, 0.3) is 11.1 Å². The topological polar surface area (TPSA) is 67.7 Å². The van der Waals surface area contributed by atoms with Crippen LogP contribution in [0.5, 0.6) is 5.75 Å². The summed E-state index contributed by atoms with van der Waals surface area (Å²) in [6.07, 6.45) is 6.28. The summed E-state index contributed by atoms with van der Waals surface area (Å²) < 4.78 is 21.0. The molecule has 1 atom stereocenters. The molecule has 8 heteroatoms. The Kier molecular flexibility index (Phi) is 4.86. The summed E-state index contributed by atoms with van der Waals surface area (Å²) >= 11 is 2.34. The number of ether oxygens (including phenoxy) is 1. The average molecular weight is 476 g/mol. The Morgan fingerprint density at radius 3 is 2.61 bits per heavy atom. The average Bonchev–Trinajstić information content (AvgIpc) is 3.04. The second kappa shape index (κ2) is 7.57. The first-order chi connectivity index (χ1) is 15.0. The molecule has 0 saturated carbocycles. The summed E-state index contributed by atoms with van der Waals surface area (Å²) in [6.45, 7) is 0.689. The summed E-state index contributed by atoms with van der Waals surface area (Å²) in [5.41, 5.74) is 1.92. The van der Waals surface area contributed by atoms with E-state index >= 15 is 0 Å². The van der Waals surface area contributed by atoms with Crippen molar-refractivity contribution < 1.29 is 13.9 Å². The molecule has 1 unspecified atom stereocenters. The first kappa shape index (κ1) is 19.9. The van der Waals surface area contributed by atoms with Crippen LogP contribution in [-0.2, 0) is 16.8 Å². The predicted octanol–water partition coefficient (Wildman–Crippen LogP) is 2.85. The summed E-state index contributed by atoms with van der Waals surface area (Å²) in [7, 11) is 1.69. The third kappa shape index (κ3) is 3.15. The van der Waals surface area contributed by atoms with Gasteiger partial charge in [0.25, 0.3) is 0 Å². The van der Waals surface area contributed by atoms with Crippen molar-refractivity contribution in [3.05, 3.63) is 77.6 Å². The van der Waals surface area contributed by atoms with Crippen LogP contribution in [0.4, 0.5) is 4.39 Å². The van der Waals surface area contributed by atoms with Crippen molar-refractivity contribution in [3.8, 4) is 16.9 Å². The minimum atomic E-state index is -1.30. The molecule has 154 valence electrons. The molecular weight excluding hydrogens is 458 g/mol. The normalized spacial score (nSPS) is 20.3. The van der Waals surface area contributed by atoms with Crippen molar-refractivity contribution in [1.82, 2.24) is 14.9 Å².